The van der Waals surface area contributed by atoms with E-state index in [0.29, 0.717) is 17.5 Å². The minimum Gasteiger partial charge on any atom is -0.382 e. The largest absolute Gasteiger partial charge is 0.417 e. The van der Waals surface area contributed by atoms with Crippen molar-refractivity contribution in [2.45, 2.75) is 25.1 Å². The van der Waals surface area contributed by atoms with Gasteiger partial charge in [-0.05, 0) is 37.0 Å². The van der Waals surface area contributed by atoms with Crippen LogP contribution in [0.4, 0.5) is 18.9 Å². The Bertz CT molecular complexity index is 524. The SMILES string of the molecule is FC(F)(F)c1cc(NC2CC3CC=CC32)ccc1Br. The molecule has 1 aromatic carbocycles. The molecule has 0 heterocycles. The van der Waals surface area contributed by atoms with Gasteiger partial charge in [0.1, 0.15) is 0 Å². The van der Waals surface area contributed by atoms with Crippen molar-refractivity contribution in [1.82, 2.24) is 0 Å². The summed E-state index contributed by atoms with van der Waals surface area (Å²) in [5.74, 6) is 1.17. The van der Waals surface area contributed by atoms with E-state index in [9.17, 15) is 13.2 Å². The third-order valence-electron chi connectivity index (χ3n) is 3.99. The van der Waals surface area contributed by atoms with Crippen LogP contribution < -0.4 is 5.32 Å². The van der Waals surface area contributed by atoms with Gasteiger partial charge in [-0.25, -0.2) is 0 Å². The lowest BCUT2D eigenvalue weighted by Crippen LogP contribution is -2.43. The highest BCUT2D eigenvalue weighted by atomic mass is 79.9. The van der Waals surface area contributed by atoms with Gasteiger partial charge < -0.3 is 5.32 Å². The molecule has 1 nitrogen and oxygen atoms in total. The molecule has 5 heteroatoms. The van der Waals surface area contributed by atoms with Gasteiger partial charge in [-0.3, -0.25) is 0 Å². The molecule has 0 saturated heterocycles. The fourth-order valence-corrected chi connectivity index (χ4v) is 3.40. The normalized spacial score (nSPS) is 28.9. The summed E-state index contributed by atoms with van der Waals surface area (Å²) in [6.45, 7) is 0. The van der Waals surface area contributed by atoms with Crippen LogP contribution in [0.2, 0.25) is 0 Å². The lowest BCUT2D eigenvalue weighted by Gasteiger charge is -2.41. The number of hydrogen-bond acceptors (Lipinski definition) is 1. The average Bonchev–Trinajstić information content (AvgIpc) is 2.68. The van der Waals surface area contributed by atoms with Gasteiger partial charge in [0.2, 0.25) is 0 Å². The number of halogens is 4. The fraction of sp³-hybridized carbons (Fsp3) is 0.429. The standard InChI is InChI=1S/C14H13BrF3N/c15-12-5-4-9(7-11(12)14(16,17)18)19-13-6-8-2-1-3-10(8)13/h1,3-5,7-8,10,13,19H,2,6H2. The van der Waals surface area contributed by atoms with Crippen LogP contribution in [0.25, 0.3) is 0 Å². The summed E-state index contributed by atoms with van der Waals surface area (Å²) >= 11 is 2.95. The Labute approximate surface area is 118 Å². The molecular weight excluding hydrogens is 319 g/mol. The summed E-state index contributed by atoms with van der Waals surface area (Å²) in [4.78, 5) is 0. The zero-order chi connectivity index (χ0) is 13.6. The molecule has 0 spiro atoms. The summed E-state index contributed by atoms with van der Waals surface area (Å²) in [7, 11) is 0. The number of hydrogen-bond donors (Lipinski definition) is 1. The zero-order valence-electron chi connectivity index (χ0n) is 10.0. The van der Waals surface area contributed by atoms with Crippen LogP contribution in [0.15, 0.2) is 34.8 Å². The van der Waals surface area contributed by atoms with E-state index >= 15 is 0 Å². The van der Waals surface area contributed by atoms with Gasteiger partial charge in [-0.15, -0.1) is 0 Å². The highest BCUT2D eigenvalue weighted by Crippen LogP contribution is 2.44. The average molecular weight is 332 g/mol. The van der Waals surface area contributed by atoms with Crippen LogP contribution >= 0.6 is 15.9 Å². The monoisotopic (exact) mass is 331 g/mol. The van der Waals surface area contributed by atoms with Crippen LogP contribution in [-0.2, 0) is 6.18 Å². The lowest BCUT2D eigenvalue weighted by molar-refractivity contribution is -0.138. The molecule has 102 valence electrons. The predicted molar refractivity (Wildman–Crippen MR) is 71.9 cm³/mol. The molecule has 1 N–H and O–H groups in total. The first-order valence-corrected chi connectivity index (χ1v) is 7.04. The molecular formula is C14H13BrF3N. The fourth-order valence-electron chi connectivity index (χ4n) is 2.93. The quantitative estimate of drug-likeness (QED) is 0.764. The third kappa shape index (κ3) is 2.40. The molecule has 19 heavy (non-hydrogen) atoms. The lowest BCUT2D eigenvalue weighted by atomic mass is 9.71. The summed E-state index contributed by atoms with van der Waals surface area (Å²) in [6, 6.07) is 4.58. The maximum Gasteiger partial charge on any atom is 0.417 e. The van der Waals surface area contributed by atoms with E-state index in [1.807, 2.05) is 0 Å². The Hall–Kier alpha value is -0.970. The number of benzene rings is 1. The molecule has 2 aliphatic carbocycles. The van der Waals surface area contributed by atoms with Crippen molar-refractivity contribution in [3.8, 4) is 0 Å². The summed E-state index contributed by atoms with van der Waals surface area (Å²) in [6.07, 6.45) is 2.16. The Balaban J connectivity index is 1.77. The van der Waals surface area contributed by atoms with E-state index in [-0.39, 0.29) is 10.5 Å². The molecule has 1 saturated carbocycles. The molecule has 1 aromatic rings. The Morgan fingerprint density at radius 2 is 2.05 bits per heavy atom. The van der Waals surface area contributed by atoms with Crippen molar-refractivity contribution >= 4 is 21.6 Å². The zero-order valence-corrected chi connectivity index (χ0v) is 11.6. The predicted octanol–water partition coefficient (Wildman–Crippen LogP) is 4.84. The first-order chi connectivity index (χ1) is 8.95. The maximum atomic E-state index is 12.8. The van der Waals surface area contributed by atoms with Crippen LogP contribution in [-0.4, -0.2) is 6.04 Å². The summed E-state index contributed by atoms with van der Waals surface area (Å²) in [5.41, 5.74) is -0.0883. The number of nitrogens with one attached hydrogen (secondary N) is 1. The number of alkyl halides is 3. The van der Waals surface area contributed by atoms with Crippen LogP contribution in [0, 0.1) is 11.8 Å². The summed E-state index contributed by atoms with van der Waals surface area (Å²) < 4.78 is 38.5. The van der Waals surface area contributed by atoms with Crippen LogP contribution in [0.3, 0.4) is 0 Å². The molecule has 0 aromatic heterocycles. The second kappa shape index (κ2) is 4.54. The number of fused-ring (bicyclic) bond motifs is 1. The first kappa shape index (κ1) is 13.0. The van der Waals surface area contributed by atoms with E-state index in [4.69, 9.17) is 0 Å². The molecule has 2 aliphatic rings. The number of rotatable bonds is 2. The number of anilines is 1. The highest BCUT2D eigenvalue weighted by Gasteiger charge is 2.41. The molecule has 0 aliphatic heterocycles. The van der Waals surface area contributed by atoms with Crippen molar-refractivity contribution in [3.63, 3.8) is 0 Å². The van der Waals surface area contributed by atoms with Crippen molar-refractivity contribution in [2.24, 2.45) is 11.8 Å². The molecule has 0 amide bonds. The third-order valence-corrected chi connectivity index (χ3v) is 4.68. The van der Waals surface area contributed by atoms with E-state index in [2.05, 4.69) is 33.4 Å². The second-order valence-electron chi connectivity index (χ2n) is 5.18. The molecule has 1 fully saturated rings. The molecule has 3 rings (SSSR count). The second-order valence-corrected chi connectivity index (χ2v) is 6.03. The van der Waals surface area contributed by atoms with Gasteiger partial charge in [0.05, 0.1) is 5.56 Å². The summed E-state index contributed by atoms with van der Waals surface area (Å²) in [5, 5.41) is 3.22. The van der Waals surface area contributed by atoms with Crippen molar-refractivity contribution < 1.29 is 13.2 Å². The van der Waals surface area contributed by atoms with Crippen molar-refractivity contribution in [2.75, 3.05) is 5.32 Å². The smallest absolute Gasteiger partial charge is 0.382 e. The van der Waals surface area contributed by atoms with Gasteiger partial charge in [-0.2, -0.15) is 13.2 Å². The van der Waals surface area contributed by atoms with Crippen molar-refractivity contribution in [1.29, 1.82) is 0 Å². The molecule has 3 atom stereocenters. The van der Waals surface area contributed by atoms with Crippen molar-refractivity contribution in [3.05, 3.63) is 40.4 Å². The number of allylic oxidation sites excluding steroid dienone is 1. The Morgan fingerprint density at radius 3 is 2.74 bits per heavy atom. The van der Waals surface area contributed by atoms with E-state index in [1.54, 1.807) is 6.07 Å². The van der Waals surface area contributed by atoms with E-state index in [1.165, 1.54) is 12.1 Å². The molecule has 0 bridgehead atoms. The van der Waals surface area contributed by atoms with Gasteiger partial charge in [0, 0.05) is 22.1 Å². The first-order valence-electron chi connectivity index (χ1n) is 6.25. The van der Waals surface area contributed by atoms with Crippen LogP contribution in [0.1, 0.15) is 18.4 Å². The van der Waals surface area contributed by atoms with E-state index in [0.717, 1.165) is 12.8 Å². The minimum atomic E-state index is -4.33. The molecule has 0 radical (unpaired) electrons. The molecule has 3 unspecified atom stereocenters. The Kier molecular flexibility index (Phi) is 3.12. The van der Waals surface area contributed by atoms with Gasteiger partial charge in [0.15, 0.2) is 0 Å². The topological polar surface area (TPSA) is 12.0 Å². The highest BCUT2D eigenvalue weighted by molar-refractivity contribution is 9.10. The minimum absolute atomic E-state index is 0.0813. The van der Waals surface area contributed by atoms with Gasteiger partial charge in [0.25, 0.3) is 0 Å². The Morgan fingerprint density at radius 1 is 1.26 bits per heavy atom. The van der Waals surface area contributed by atoms with Gasteiger partial charge >= 0.3 is 6.18 Å². The maximum absolute atomic E-state index is 12.8. The van der Waals surface area contributed by atoms with E-state index < -0.39 is 11.7 Å². The van der Waals surface area contributed by atoms with Crippen LogP contribution in [0.5, 0.6) is 0 Å². The van der Waals surface area contributed by atoms with Gasteiger partial charge in [-0.1, -0.05) is 28.1 Å².